The van der Waals surface area contributed by atoms with Gasteiger partial charge in [0.2, 0.25) is 11.0 Å². The van der Waals surface area contributed by atoms with E-state index in [0.717, 1.165) is 5.69 Å². The first-order valence-corrected chi connectivity index (χ1v) is 10.5. The van der Waals surface area contributed by atoms with Crippen molar-refractivity contribution in [2.75, 3.05) is 16.4 Å². The summed E-state index contributed by atoms with van der Waals surface area (Å²) in [5, 5.41) is 23.8. The van der Waals surface area contributed by atoms with Crippen molar-refractivity contribution < 1.29 is 4.79 Å². The molecule has 0 fully saturated rings. The highest BCUT2D eigenvalue weighted by Crippen LogP contribution is 2.28. The third-order valence-electron chi connectivity index (χ3n) is 3.84. The van der Waals surface area contributed by atoms with E-state index in [0.29, 0.717) is 26.6 Å². The van der Waals surface area contributed by atoms with Crippen LogP contribution in [0.15, 0.2) is 52.9 Å². The van der Waals surface area contributed by atoms with Crippen LogP contribution in [-0.4, -0.2) is 21.9 Å². The molecule has 0 aliphatic rings. The van der Waals surface area contributed by atoms with Crippen molar-refractivity contribution in [2.24, 2.45) is 0 Å². The first kappa shape index (κ1) is 19.9. The van der Waals surface area contributed by atoms with Crippen molar-refractivity contribution in [3.8, 4) is 6.07 Å². The van der Waals surface area contributed by atoms with Gasteiger partial charge >= 0.3 is 0 Å². The Bertz CT molecular complexity index is 992. The van der Waals surface area contributed by atoms with Gasteiger partial charge in [0.05, 0.1) is 17.4 Å². The summed E-state index contributed by atoms with van der Waals surface area (Å²) in [6, 6.07) is 17.1. The molecular formula is C20H19N5OS2. The zero-order chi connectivity index (χ0) is 19.9. The number of nitrogens with zero attached hydrogens (tertiary/aromatic N) is 3. The molecule has 142 valence electrons. The minimum absolute atomic E-state index is 0.158. The molecular weight excluding hydrogens is 390 g/mol. The molecule has 28 heavy (non-hydrogen) atoms. The van der Waals surface area contributed by atoms with Crippen molar-refractivity contribution in [1.29, 1.82) is 5.26 Å². The van der Waals surface area contributed by atoms with Gasteiger partial charge in [0.1, 0.15) is 0 Å². The molecule has 0 atom stereocenters. The zero-order valence-corrected chi connectivity index (χ0v) is 17.1. The van der Waals surface area contributed by atoms with Crippen molar-refractivity contribution in [3.63, 3.8) is 0 Å². The number of amides is 1. The molecule has 0 aliphatic carbocycles. The van der Waals surface area contributed by atoms with E-state index in [2.05, 4.69) is 46.8 Å². The van der Waals surface area contributed by atoms with Crippen LogP contribution in [0, 0.1) is 11.3 Å². The number of nitriles is 1. The van der Waals surface area contributed by atoms with E-state index in [4.69, 9.17) is 5.26 Å². The van der Waals surface area contributed by atoms with Crippen LogP contribution < -0.4 is 10.6 Å². The molecule has 0 spiro atoms. The predicted octanol–water partition coefficient (Wildman–Crippen LogP) is 5.01. The van der Waals surface area contributed by atoms with E-state index in [1.54, 1.807) is 24.3 Å². The van der Waals surface area contributed by atoms with E-state index in [-0.39, 0.29) is 11.7 Å². The fourth-order valence-corrected chi connectivity index (χ4v) is 3.96. The molecule has 0 aliphatic heterocycles. The number of hydrogen-bond acceptors (Lipinski definition) is 7. The monoisotopic (exact) mass is 409 g/mol. The van der Waals surface area contributed by atoms with E-state index in [1.807, 2.05) is 18.2 Å². The summed E-state index contributed by atoms with van der Waals surface area (Å²) >= 11 is 2.72. The van der Waals surface area contributed by atoms with E-state index in [9.17, 15) is 4.79 Å². The van der Waals surface area contributed by atoms with Crippen LogP contribution in [0.5, 0.6) is 0 Å². The molecule has 8 heteroatoms. The van der Waals surface area contributed by atoms with Crippen LogP contribution in [0.1, 0.15) is 30.9 Å². The summed E-state index contributed by atoms with van der Waals surface area (Å²) in [7, 11) is 0. The highest BCUT2D eigenvalue weighted by atomic mass is 32.2. The van der Waals surface area contributed by atoms with Crippen LogP contribution in [0.4, 0.5) is 16.5 Å². The van der Waals surface area contributed by atoms with Crippen molar-refractivity contribution in [3.05, 3.63) is 59.7 Å². The minimum Gasteiger partial charge on any atom is -0.330 e. The Morgan fingerprint density at radius 1 is 1.18 bits per heavy atom. The molecule has 1 aromatic heterocycles. The normalized spacial score (nSPS) is 10.5. The summed E-state index contributed by atoms with van der Waals surface area (Å²) in [6.45, 7) is 4.32. The summed E-state index contributed by atoms with van der Waals surface area (Å²) in [4.78, 5) is 12.1. The van der Waals surface area contributed by atoms with E-state index in [1.165, 1.54) is 28.7 Å². The van der Waals surface area contributed by atoms with Gasteiger partial charge in [-0.25, -0.2) is 0 Å². The lowest BCUT2D eigenvalue weighted by Crippen LogP contribution is -2.13. The van der Waals surface area contributed by atoms with Gasteiger partial charge in [0, 0.05) is 11.4 Å². The molecule has 0 radical (unpaired) electrons. The van der Waals surface area contributed by atoms with E-state index < -0.39 is 0 Å². The van der Waals surface area contributed by atoms with Gasteiger partial charge in [0.15, 0.2) is 4.34 Å². The van der Waals surface area contributed by atoms with Gasteiger partial charge in [-0.1, -0.05) is 55.1 Å². The molecule has 3 aromatic rings. The predicted molar refractivity (Wildman–Crippen MR) is 114 cm³/mol. The third-order valence-corrected chi connectivity index (χ3v) is 5.81. The molecule has 0 unspecified atom stereocenters. The molecule has 0 bridgehead atoms. The fraction of sp³-hybridized carbons (Fsp3) is 0.200. The maximum Gasteiger partial charge on any atom is 0.234 e. The largest absolute Gasteiger partial charge is 0.330 e. The number of hydrogen-bond donors (Lipinski definition) is 2. The molecule has 6 nitrogen and oxygen atoms in total. The number of rotatable bonds is 7. The number of nitrogens with one attached hydrogen (secondary N) is 2. The molecule has 0 saturated carbocycles. The lowest BCUT2D eigenvalue weighted by Gasteiger charge is -2.06. The smallest absolute Gasteiger partial charge is 0.234 e. The first-order valence-electron chi connectivity index (χ1n) is 8.67. The molecule has 1 heterocycles. The maximum absolute atomic E-state index is 12.1. The van der Waals surface area contributed by atoms with Gasteiger partial charge < -0.3 is 10.6 Å². The topological polar surface area (TPSA) is 90.7 Å². The van der Waals surface area contributed by atoms with Crippen molar-refractivity contribution in [1.82, 2.24) is 10.2 Å². The summed E-state index contributed by atoms with van der Waals surface area (Å²) in [6.07, 6.45) is 0. The highest BCUT2D eigenvalue weighted by Gasteiger charge is 2.09. The fourth-order valence-electron chi connectivity index (χ4n) is 2.38. The van der Waals surface area contributed by atoms with Crippen LogP contribution in [0.2, 0.25) is 0 Å². The lowest BCUT2D eigenvalue weighted by molar-refractivity contribution is -0.113. The highest BCUT2D eigenvalue weighted by molar-refractivity contribution is 8.01. The molecule has 2 N–H and O–H groups in total. The Balaban J connectivity index is 1.51. The summed E-state index contributed by atoms with van der Waals surface area (Å²) in [5.74, 6) is 0.551. The molecule has 0 saturated heterocycles. The first-order chi connectivity index (χ1) is 13.5. The lowest BCUT2D eigenvalue weighted by atomic mass is 10.0. The van der Waals surface area contributed by atoms with Crippen LogP contribution in [0.3, 0.4) is 0 Å². The second kappa shape index (κ2) is 9.35. The Hall–Kier alpha value is -2.89. The zero-order valence-electron chi connectivity index (χ0n) is 15.5. The SMILES string of the molecule is CC(C)c1ccc(Nc2nnc(SCC(=O)Nc3cccc(C#N)c3)s2)cc1. The Morgan fingerprint density at radius 2 is 1.96 bits per heavy atom. The second-order valence-corrected chi connectivity index (χ2v) is 8.50. The van der Waals surface area contributed by atoms with Crippen LogP contribution in [0.25, 0.3) is 0 Å². The second-order valence-electron chi connectivity index (χ2n) is 6.30. The minimum atomic E-state index is -0.158. The molecule has 2 aromatic carbocycles. The van der Waals surface area contributed by atoms with Crippen molar-refractivity contribution in [2.45, 2.75) is 24.1 Å². The Kier molecular flexibility index (Phi) is 6.63. The average molecular weight is 410 g/mol. The van der Waals surface area contributed by atoms with Crippen LogP contribution in [-0.2, 0) is 4.79 Å². The standard InChI is InChI=1S/C20H19N5OS2/c1-13(2)15-6-8-16(9-7-15)23-19-24-25-20(28-19)27-12-18(26)22-17-5-3-4-14(10-17)11-21/h3-10,13H,12H2,1-2H3,(H,22,26)(H,23,24). The summed E-state index contributed by atoms with van der Waals surface area (Å²) < 4.78 is 0.710. The van der Waals surface area contributed by atoms with Gasteiger partial charge in [-0.3, -0.25) is 4.79 Å². The Morgan fingerprint density at radius 3 is 2.68 bits per heavy atom. The average Bonchev–Trinajstić information content (AvgIpc) is 3.14. The number of anilines is 3. The summed E-state index contributed by atoms with van der Waals surface area (Å²) in [5.41, 5.74) is 3.35. The van der Waals surface area contributed by atoms with Gasteiger partial charge in [-0.15, -0.1) is 10.2 Å². The molecule has 1 amide bonds. The number of thioether (sulfide) groups is 1. The third kappa shape index (κ3) is 5.55. The quantitative estimate of drug-likeness (QED) is 0.533. The van der Waals surface area contributed by atoms with Gasteiger partial charge in [-0.2, -0.15) is 5.26 Å². The molecule has 3 rings (SSSR count). The number of aromatic nitrogens is 2. The number of carbonyl (C=O) groups is 1. The van der Waals surface area contributed by atoms with Gasteiger partial charge in [-0.05, 0) is 41.8 Å². The van der Waals surface area contributed by atoms with Crippen LogP contribution >= 0.6 is 23.1 Å². The number of benzene rings is 2. The van der Waals surface area contributed by atoms with Gasteiger partial charge in [0.25, 0.3) is 0 Å². The maximum atomic E-state index is 12.1. The number of carbonyl (C=O) groups excluding carboxylic acids is 1. The van der Waals surface area contributed by atoms with E-state index >= 15 is 0 Å². The Labute approximate surface area is 172 Å². The van der Waals surface area contributed by atoms with Crippen molar-refractivity contribution >= 4 is 45.5 Å².